The van der Waals surface area contributed by atoms with E-state index < -0.39 is 29.2 Å². The molecule has 2 aromatic carbocycles. The Labute approximate surface area is 236 Å². The van der Waals surface area contributed by atoms with Crippen LogP contribution in [0.25, 0.3) is 10.9 Å². The van der Waals surface area contributed by atoms with E-state index in [4.69, 9.17) is 9.84 Å². The zero-order chi connectivity index (χ0) is 29.8. The first kappa shape index (κ1) is 30.1. The van der Waals surface area contributed by atoms with E-state index in [9.17, 15) is 26.4 Å². The van der Waals surface area contributed by atoms with Crippen LogP contribution >= 0.6 is 0 Å². The smallest absolute Gasteiger partial charge is 0.406 e. The Morgan fingerprint density at radius 2 is 1.88 bits per heavy atom. The number of nitrogens with zero attached hydrogens (tertiary/aromatic N) is 2. The lowest BCUT2D eigenvalue weighted by atomic mass is 10.0. The first-order valence-electron chi connectivity index (χ1n) is 12.8. The molecule has 1 aromatic heterocycles. The van der Waals surface area contributed by atoms with Crippen LogP contribution < -0.4 is 15.4 Å². The highest BCUT2D eigenvalue weighted by Gasteiger charge is 2.30. The molecule has 1 saturated heterocycles. The molecule has 0 atom stereocenters. The first-order chi connectivity index (χ1) is 19.4. The molecule has 13 heteroatoms. The molecule has 1 amide bonds. The number of methoxy groups -OCH3 is 1. The lowest BCUT2D eigenvalue weighted by molar-refractivity contribution is -0.140. The minimum atomic E-state index is -4.47. The van der Waals surface area contributed by atoms with Crippen molar-refractivity contribution in [2.45, 2.75) is 36.5 Å². The number of aromatic nitrogens is 1. The van der Waals surface area contributed by atoms with E-state index in [1.807, 2.05) is 0 Å². The van der Waals surface area contributed by atoms with Gasteiger partial charge < -0.3 is 29.9 Å². The third-order valence-electron chi connectivity index (χ3n) is 6.81. The van der Waals surface area contributed by atoms with Gasteiger partial charge in [0, 0.05) is 42.5 Å². The van der Waals surface area contributed by atoms with Crippen molar-refractivity contribution in [2.75, 3.05) is 50.2 Å². The molecule has 0 aliphatic carbocycles. The lowest BCUT2D eigenvalue weighted by Gasteiger charge is -2.32. The molecule has 3 N–H and O–H groups in total. The predicted octanol–water partition coefficient (Wildman–Crippen LogP) is 3.47. The summed E-state index contributed by atoms with van der Waals surface area (Å²) in [5.41, 5.74) is 1.74. The van der Waals surface area contributed by atoms with Gasteiger partial charge in [0.15, 0.2) is 9.84 Å². The highest BCUT2D eigenvalue weighted by atomic mass is 32.2. The van der Waals surface area contributed by atoms with Gasteiger partial charge in [0.05, 0.1) is 35.4 Å². The van der Waals surface area contributed by atoms with Crippen molar-refractivity contribution in [3.05, 3.63) is 48.2 Å². The van der Waals surface area contributed by atoms with Crippen LogP contribution in [0.1, 0.15) is 18.5 Å². The van der Waals surface area contributed by atoms with Crippen LogP contribution in [0, 0.1) is 11.8 Å². The summed E-state index contributed by atoms with van der Waals surface area (Å²) in [5.74, 6) is 5.67. The number of halogens is 3. The monoisotopic (exact) mass is 592 g/mol. The second kappa shape index (κ2) is 12.3. The number of alkyl halides is 3. The summed E-state index contributed by atoms with van der Waals surface area (Å²) in [5, 5.41) is 16.1. The van der Waals surface area contributed by atoms with Gasteiger partial charge in [-0.05, 0) is 49.1 Å². The molecule has 41 heavy (non-hydrogen) atoms. The van der Waals surface area contributed by atoms with Gasteiger partial charge in [0.2, 0.25) is 5.91 Å². The number of amides is 1. The Morgan fingerprint density at radius 3 is 2.51 bits per heavy atom. The number of piperidine rings is 1. The summed E-state index contributed by atoms with van der Waals surface area (Å²) >= 11 is 0. The fourth-order valence-corrected chi connectivity index (χ4v) is 5.42. The van der Waals surface area contributed by atoms with Gasteiger partial charge in [-0.3, -0.25) is 4.79 Å². The van der Waals surface area contributed by atoms with Gasteiger partial charge in [0.25, 0.3) is 0 Å². The number of anilines is 2. The van der Waals surface area contributed by atoms with Crippen molar-refractivity contribution < 1.29 is 36.2 Å². The predicted molar refractivity (Wildman–Crippen MR) is 150 cm³/mol. The number of hydrogen-bond donors (Lipinski definition) is 3. The summed E-state index contributed by atoms with van der Waals surface area (Å²) in [6.45, 7) is -0.716. The second-order valence-corrected chi connectivity index (χ2v) is 11.7. The minimum Gasteiger partial charge on any atom is -0.495 e. The van der Waals surface area contributed by atoms with Gasteiger partial charge in [-0.1, -0.05) is 12.0 Å². The van der Waals surface area contributed by atoms with Crippen LogP contribution in [-0.4, -0.2) is 80.7 Å². The van der Waals surface area contributed by atoms with Crippen LogP contribution in [0.3, 0.4) is 0 Å². The number of aliphatic hydroxyl groups excluding tert-OH is 1. The number of ether oxygens (including phenoxy) is 1. The zero-order valence-electron chi connectivity index (χ0n) is 22.6. The van der Waals surface area contributed by atoms with Crippen molar-refractivity contribution in [2.24, 2.45) is 0 Å². The van der Waals surface area contributed by atoms with Gasteiger partial charge in [-0.25, -0.2) is 8.42 Å². The molecule has 2 heterocycles. The van der Waals surface area contributed by atoms with Gasteiger partial charge in [-0.15, -0.1) is 0 Å². The van der Waals surface area contributed by atoms with Crippen LogP contribution in [0.15, 0.2) is 47.4 Å². The van der Waals surface area contributed by atoms with Gasteiger partial charge >= 0.3 is 6.18 Å². The fourth-order valence-electron chi connectivity index (χ4n) is 4.78. The molecular weight excluding hydrogens is 561 g/mol. The molecule has 4 rings (SSSR count). The first-order valence-corrected chi connectivity index (χ1v) is 14.7. The minimum absolute atomic E-state index is 0.0112. The summed E-state index contributed by atoms with van der Waals surface area (Å²) in [6, 6.07) is 11.1. The van der Waals surface area contributed by atoms with Crippen LogP contribution in [-0.2, 0) is 21.2 Å². The molecule has 0 spiro atoms. The van der Waals surface area contributed by atoms with Gasteiger partial charge in [-0.2, -0.15) is 13.2 Å². The topological polar surface area (TPSA) is 113 Å². The third kappa shape index (κ3) is 7.45. The van der Waals surface area contributed by atoms with Crippen LogP contribution in [0.2, 0.25) is 0 Å². The molecule has 1 aliphatic rings. The van der Waals surface area contributed by atoms with E-state index in [-0.39, 0.29) is 29.1 Å². The summed E-state index contributed by atoms with van der Waals surface area (Å²) in [7, 11) is -2.03. The second-order valence-electron chi connectivity index (χ2n) is 9.72. The molecule has 0 unspecified atom stereocenters. The summed E-state index contributed by atoms with van der Waals surface area (Å²) in [4.78, 5) is 13.4. The van der Waals surface area contributed by atoms with Crippen LogP contribution in [0.5, 0.6) is 5.75 Å². The number of sulfone groups is 1. The van der Waals surface area contributed by atoms with E-state index in [2.05, 4.69) is 22.5 Å². The number of benzene rings is 2. The number of rotatable bonds is 8. The largest absolute Gasteiger partial charge is 0.495 e. The summed E-state index contributed by atoms with van der Waals surface area (Å²) < 4.78 is 70.6. The Balaban J connectivity index is 1.56. The Hall–Kier alpha value is -3.89. The molecular formula is C28H31F3N4O5S. The van der Waals surface area contributed by atoms with Crippen molar-refractivity contribution in [3.63, 3.8) is 0 Å². The number of fused-ring (bicyclic) bond motifs is 1. The number of aliphatic hydroxyl groups is 1. The SMILES string of the molecule is COc1cc(S(C)(=O)=O)ccc1NCC#Cc1cc2c(NC3CCN(C(=O)CO)CC3)cccc2n1CC(F)(F)F. The van der Waals surface area contributed by atoms with Crippen molar-refractivity contribution in [1.82, 2.24) is 9.47 Å². The van der Waals surface area contributed by atoms with Crippen LogP contribution in [0.4, 0.5) is 24.5 Å². The van der Waals surface area contributed by atoms with E-state index >= 15 is 0 Å². The number of hydrogen-bond acceptors (Lipinski definition) is 7. The molecule has 1 fully saturated rings. The number of likely N-dealkylation sites (tertiary alicyclic amines) is 1. The molecule has 0 bridgehead atoms. The molecule has 9 nitrogen and oxygen atoms in total. The van der Waals surface area contributed by atoms with E-state index in [1.54, 1.807) is 35.2 Å². The summed E-state index contributed by atoms with van der Waals surface area (Å²) in [6.07, 6.45) is -2.10. The normalized spacial score (nSPS) is 14.4. The average molecular weight is 593 g/mol. The van der Waals surface area contributed by atoms with Crippen molar-refractivity contribution >= 4 is 38.0 Å². The van der Waals surface area contributed by atoms with E-state index in [0.717, 1.165) is 10.8 Å². The number of nitrogens with one attached hydrogen (secondary N) is 2. The average Bonchev–Trinajstić information content (AvgIpc) is 3.27. The molecule has 3 aromatic rings. The quantitative estimate of drug-likeness (QED) is 0.344. The maximum Gasteiger partial charge on any atom is 0.406 e. The maximum atomic E-state index is 13.5. The Morgan fingerprint density at radius 1 is 1.15 bits per heavy atom. The fraction of sp³-hybridized carbons (Fsp3) is 0.393. The highest BCUT2D eigenvalue weighted by molar-refractivity contribution is 7.90. The molecule has 220 valence electrons. The van der Waals surface area contributed by atoms with Crippen molar-refractivity contribution in [3.8, 4) is 17.6 Å². The Bertz CT molecular complexity index is 1580. The molecule has 0 radical (unpaired) electrons. The number of carbonyl (C=O) groups is 1. The van der Waals surface area contributed by atoms with Gasteiger partial charge in [0.1, 0.15) is 18.9 Å². The van der Waals surface area contributed by atoms with Crippen molar-refractivity contribution in [1.29, 1.82) is 0 Å². The molecule has 0 saturated carbocycles. The standard InChI is InChI=1S/C28H31F3N4O5S/c1-40-26-16-21(41(2,38)39)8-9-24(26)32-12-4-5-20-15-22-23(6-3-7-25(22)35(20)18-28(29,30)31)33-19-10-13-34(14-11-19)27(37)17-36/h3,6-9,15-16,19,32-33,36H,10-14,17-18H2,1-2H3. The number of carbonyl (C=O) groups excluding carboxylic acids is 1. The van der Waals surface area contributed by atoms with E-state index in [0.29, 0.717) is 54.0 Å². The van der Waals surface area contributed by atoms with E-state index in [1.165, 1.54) is 19.2 Å². The maximum absolute atomic E-state index is 13.5. The third-order valence-corrected chi connectivity index (χ3v) is 7.92. The molecule has 1 aliphatic heterocycles. The Kier molecular flexibility index (Phi) is 9.04. The zero-order valence-corrected chi connectivity index (χ0v) is 23.4. The highest BCUT2D eigenvalue weighted by Crippen LogP contribution is 2.31. The lowest BCUT2D eigenvalue weighted by Crippen LogP contribution is -2.43.